The van der Waals surface area contributed by atoms with E-state index in [0.717, 1.165) is 35.0 Å². The van der Waals surface area contributed by atoms with Crippen molar-refractivity contribution in [2.45, 2.75) is 19.3 Å². The second-order valence-electron chi connectivity index (χ2n) is 8.38. The Labute approximate surface area is 211 Å². The highest BCUT2D eigenvalue weighted by Gasteiger charge is 2.17. The van der Waals surface area contributed by atoms with Crippen LogP contribution in [0.5, 0.6) is 23.0 Å². The van der Waals surface area contributed by atoms with Gasteiger partial charge in [0.1, 0.15) is 40.5 Å². The van der Waals surface area contributed by atoms with Gasteiger partial charge in [-0.2, -0.15) is 0 Å². The van der Waals surface area contributed by atoms with Gasteiger partial charge in [-0.15, -0.1) is 0 Å². The van der Waals surface area contributed by atoms with Crippen molar-refractivity contribution >= 4 is 22.3 Å². The zero-order chi connectivity index (χ0) is 26.5. The normalized spacial score (nSPS) is 10.8. The van der Waals surface area contributed by atoms with Gasteiger partial charge in [-0.3, -0.25) is 9.59 Å². The number of rotatable bonds is 10. The van der Waals surface area contributed by atoms with Crippen molar-refractivity contribution in [2.24, 2.45) is 0 Å². The first kappa shape index (κ1) is 25.8. The van der Waals surface area contributed by atoms with Gasteiger partial charge in [0, 0.05) is 24.3 Å². The molecule has 0 amide bonds. The number of halogens is 3. The van der Waals surface area contributed by atoms with Crippen molar-refractivity contribution in [3.8, 4) is 23.0 Å². The summed E-state index contributed by atoms with van der Waals surface area (Å²) in [6, 6.07) is 15.8. The summed E-state index contributed by atoms with van der Waals surface area (Å²) in [5, 5.41) is 1.56. The van der Waals surface area contributed by atoms with Gasteiger partial charge in [-0.05, 0) is 59.0 Å². The molecular formula is C29H23F3O5. The predicted octanol–water partition coefficient (Wildman–Crippen LogP) is 6.38. The molecule has 8 heteroatoms. The van der Waals surface area contributed by atoms with Crippen LogP contribution < -0.4 is 14.2 Å². The number of ether oxygens (including phenoxy) is 3. The highest BCUT2D eigenvalue weighted by molar-refractivity contribution is 6.00. The molecule has 0 aliphatic rings. The number of carbonyl (C=O) groups is 2. The van der Waals surface area contributed by atoms with Crippen LogP contribution in [0.4, 0.5) is 13.2 Å². The first-order valence-electron chi connectivity index (χ1n) is 11.4. The molecule has 37 heavy (non-hydrogen) atoms. The van der Waals surface area contributed by atoms with Gasteiger partial charge in [-0.25, -0.2) is 13.2 Å². The van der Waals surface area contributed by atoms with Crippen LogP contribution in [0.1, 0.15) is 17.5 Å². The summed E-state index contributed by atoms with van der Waals surface area (Å²) in [7, 11) is 3.06. The fourth-order valence-electron chi connectivity index (χ4n) is 3.97. The van der Waals surface area contributed by atoms with Crippen LogP contribution in [0, 0.1) is 17.5 Å². The number of fused-ring (bicyclic) bond motifs is 1. The van der Waals surface area contributed by atoms with Crippen LogP contribution in [0.3, 0.4) is 0 Å². The molecule has 0 saturated carbocycles. The lowest BCUT2D eigenvalue weighted by atomic mass is 10.0. The Kier molecular flexibility index (Phi) is 7.77. The van der Waals surface area contributed by atoms with Crippen LogP contribution in [0.2, 0.25) is 0 Å². The van der Waals surface area contributed by atoms with Crippen molar-refractivity contribution in [1.29, 1.82) is 0 Å². The van der Waals surface area contributed by atoms with E-state index in [4.69, 9.17) is 14.2 Å². The largest absolute Gasteiger partial charge is 0.493 e. The van der Waals surface area contributed by atoms with Gasteiger partial charge < -0.3 is 14.2 Å². The molecule has 0 atom stereocenters. The van der Waals surface area contributed by atoms with Gasteiger partial charge in [0.25, 0.3) is 0 Å². The average Bonchev–Trinajstić information content (AvgIpc) is 2.87. The van der Waals surface area contributed by atoms with E-state index in [1.54, 1.807) is 31.4 Å². The predicted molar refractivity (Wildman–Crippen MR) is 132 cm³/mol. The number of hydrogen-bond acceptors (Lipinski definition) is 5. The Bertz CT molecular complexity index is 1480. The number of ketones is 2. The third-order valence-corrected chi connectivity index (χ3v) is 5.77. The number of methoxy groups -OCH3 is 2. The summed E-state index contributed by atoms with van der Waals surface area (Å²) in [6.45, 7) is 0. The van der Waals surface area contributed by atoms with Crippen molar-refractivity contribution in [1.82, 2.24) is 0 Å². The molecule has 0 radical (unpaired) electrons. The van der Waals surface area contributed by atoms with E-state index < -0.39 is 41.9 Å². The van der Waals surface area contributed by atoms with E-state index in [1.807, 2.05) is 6.07 Å². The third-order valence-electron chi connectivity index (χ3n) is 5.77. The Morgan fingerprint density at radius 3 is 2.11 bits per heavy atom. The molecule has 0 aromatic heterocycles. The van der Waals surface area contributed by atoms with Crippen LogP contribution >= 0.6 is 0 Å². The van der Waals surface area contributed by atoms with E-state index in [-0.39, 0.29) is 23.3 Å². The van der Waals surface area contributed by atoms with Gasteiger partial charge in [0.05, 0.1) is 20.6 Å². The number of hydrogen-bond donors (Lipinski definition) is 0. The maximum Gasteiger partial charge on any atom is 0.161 e. The third kappa shape index (κ3) is 6.09. The molecule has 0 bridgehead atoms. The molecule has 0 spiro atoms. The average molecular weight is 508 g/mol. The minimum atomic E-state index is -0.729. The fraction of sp³-hybridized carbons (Fsp3) is 0.172. The minimum Gasteiger partial charge on any atom is -0.493 e. The topological polar surface area (TPSA) is 61.8 Å². The van der Waals surface area contributed by atoms with Crippen molar-refractivity contribution in [2.75, 3.05) is 14.2 Å². The number of benzene rings is 4. The molecule has 0 aliphatic heterocycles. The SMILES string of the molecule is COc1cc2cccc(Oc3ccc(CC(=O)CC(=O)Cc4cc(F)ccc4F)c(F)c3)c2cc1OC. The standard InChI is InChI=1S/C29H23F3O5/c1-35-28-13-17-4-3-5-27(24(17)16-29(28)36-2)37-23-8-6-18(26(32)15-23)11-21(33)14-22(34)12-19-10-20(30)7-9-25(19)31/h3-10,13,15-16H,11-12,14H2,1-2H3. The highest BCUT2D eigenvalue weighted by Crippen LogP contribution is 2.38. The maximum absolute atomic E-state index is 14.8. The monoisotopic (exact) mass is 508 g/mol. The molecule has 0 saturated heterocycles. The van der Waals surface area contributed by atoms with E-state index in [2.05, 4.69) is 0 Å². The Hall–Kier alpha value is -4.33. The molecule has 4 aromatic rings. The molecule has 190 valence electrons. The molecular weight excluding hydrogens is 485 g/mol. The van der Waals surface area contributed by atoms with Gasteiger partial charge in [-0.1, -0.05) is 18.2 Å². The highest BCUT2D eigenvalue weighted by atomic mass is 19.1. The Morgan fingerprint density at radius 1 is 0.703 bits per heavy atom. The van der Waals surface area contributed by atoms with Gasteiger partial charge in [0.2, 0.25) is 0 Å². The summed E-state index contributed by atoms with van der Waals surface area (Å²) < 4.78 is 58.4. The fourth-order valence-corrected chi connectivity index (χ4v) is 3.97. The Balaban J connectivity index is 1.44. The lowest BCUT2D eigenvalue weighted by Gasteiger charge is -2.13. The lowest BCUT2D eigenvalue weighted by Crippen LogP contribution is -2.14. The van der Waals surface area contributed by atoms with Crippen molar-refractivity contribution in [3.05, 3.63) is 95.3 Å². The van der Waals surface area contributed by atoms with Crippen LogP contribution in [0.15, 0.2) is 66.7 Å². The van der Waals surface area contributed by atoms with Gasteiger partial charge >= 0.3 is 0 Å². The van der Waals surface area contributed by atoms with Crippen molar-refractivity contribution in [3.63, 3.8) is 0 Å². The second kappa shape index (κ2) is 11.2. The van der Waals surface area contributed by atoms with Crippen molar-refractivity contribution < 1.29 is 37.0 Å². The van der Waals surface area contributed by atoms with Crippen LogP contribution in [0.25, 0.3) is 10.8 Å². The smallest absolute Gasteiger partial charge is 0.161 e. The zero-order valence-corrected chi connectivity index (χ0v) is 20.1. The molecule has 4 rings (SSSR count). The number of carbonyl (C=O) groups excluding carboxylic acids is 2. The van der Waals surface area contributed by atoms with E-state index in [9.17, 15) is 22.8 Å². The first-order valence-corrected chi connectivity index (χ1v) is 11.4. The zero-order valence-electron chi connectivity index (χ0n) is 20.1. The van der Waals surface area contributed by atoms with E-state index >= 15 is 0 Å². The summed E-state index contributed by atoms with van der Waals surface area (Å²) in [5.41, 5.74) is -0.0404. The lowest BCUT2D eigenvalue weighted by molar-refractivity contribution is -0.126. The molecule has 0 heterocycles. The molecule has 0 unspecified atom stereocenters. The van der Waals surface area contributed by atoms with Crippen LogP contribution in [-0.2, 0) is 22.4 Å². The molecule has 0 aliphatic carbocycles. The molecule has 4 aromatic carbocycles. The summed E-state index contributed by atoms with van der Waals surface area (Å²) >= 11 is 0. The molecule has 0 fully saturated rings. The van der Waals surface area contributed by atoms with E-state index in [0.29, 0.717) is 17.2 Å². The number of Topliss-reactive ketones (excluding diaryl/α,β-unsaturated/α-hetero) is 2. The maximum atomic E-state index is 14.8. The minimum absolute atomic E-state index is 0.0893. The first-order chi connectivity index (χ1) is 17.8. The second-order valence-corrected chi connectivity index (χ2v) is 8.38. The van der Waals surface area contributed by atoms with Gasteiger partial charge in [0.15, 0.2) is 11.5 Å². The molecule has 5 nitrogen and oxygen atoms in total. The van der Waals surface area contributed by atoms with E-state index in [1.165, 1.54) is 19.2 Å². The summed E-state index contributed by atoms with van der Waals surface area (Å²) in [5.74, 6) is -1.44. The Morgan fingerprint density at radius 2 is 1.41 bits per heavy atom. The summed E-state index contributed by atoms with van der Waals surface area (Å²) in [6.07, 6.45) is -1.27. The molecule has 0 N–H and O–H groups in total. The summed E-state index contributed by atoms with van der Waals surface area (Å²) in [4.78, 5) is 24.5. The van der Waals surface area contributed by atoms with Crippen LogP contribution in [-0.4, -0.2) is 25.8 Å². The quantitative estimate of drug-likeness (QED) is 0.233.